The van der Waals surface area contributed by atoms with E-state index in [0.29, 0.717) is 11.8 Å². The Morgan fingerprint density at radius 1 is 1.27 bits per heavy atom. The highest BCUT2D eigenvalue weighted by atomic mass is 16.3. The van der Waals surface area contributed by atoms with Crippen LogP contribution >= 0.6 is 0 Å². The van der Waals surface area contributed by atoms with Crippen LogP contribution in [0.1, 0.15) is 64.4 Å². The Morgan fingerprint density at radius 2 is 2.00 bits per heavy atom. The molecule has 1 aromatic carbocycles. The van der Waals surface area contributed by atoms with Crippen molar-refractivity contribution in [1.82, 2.24) is 5.32 Å². The van der Waals surface area contributed by atoms with Gasteiger partial charge in [-0.25, -0.2) is 0 Å². The fraction of sp³-hybridized carbons (Fsp3) is 0.500. The first-order valence-electron chi connectivity index (χ1n) is 10.00. The minimum absolute atomic E-state index is 0.113. The average molecular weight is 354 g/mol. The second-order valence-electron chi connectivity index (χ2n) is 7.99. The number of aliphatic hydroxyl groups is 1. The Hall–Kier alpha value is -1.96. The largest absolute Gasteiger partial charge is 0.508 e. The van der Waals surface area contributed by atoms with Crippen LogP contribution in [0.4, 0.5) is 0 Å². The van der Waals surface area contributed by atoms with E-state index in [1.165, 1.54) is 38.5 Å². The van der Waals surface area contributed by atoms with E-state index >= 15 is 0 Å². The number of hydrogen-bond donors (Lipinski definition) is 2. The van der Waals surface area contributed by atoms with E-state index in [1.807, 2.05) is 36.4 Å². The summed E-state index contributed by atoms with van der Waals surface area (Å²) in [6, 6.07) is 10.0. The van der Waals surface area contributed by atoms with Gasteiger partial charge in [0.25, 0.3) is 0 Å². The summed E-state index contributed by atoms with van der Waals surface area (Å²) in [5.74, 6) is 0.958. The molecule has 0 spiro atoms. The molecule has 0 unspecified atom stereocenters. The van der Waals surface area contributed by atoms with E-state index < -0.39 is 0 Å². The maximum Gasteiger partial charge on any atom is 0.112 e. The van der Waals surface area contributed by atoms with Gasteiger partial charge in [-0.1, -0.05) is 76.6 Å². The Balaban J connectivity index is 1.88. The molecule has 2 rings (SSSR count). The highest BCUT2D eigenvalue weighted by Gasteiger charge is 2.34. The summed E-state index contributed by atoms with van der Waals surface area (Å²) in [6.07, 6.45) is 10.5. The Kier molecular flexibility index (Phi) is 7.56. The molecule has 1 aliphatic rings. The Bertz CT molecular complexity index is 631. The first kappa shape index (κ1) is 20.4. The molecule has 0 amide bonds. The van der Waals surface area contributed by atoms with Crippen molar-refractivity contribution in [2.45, 2.75) is 58.8 Å². The third-order valence-electron chi connectivity index (χ3n) is 6.01. The zero-order valence-corrected chi connectivity index (χ0v) is 16.6. The first-order valence-corrected chi connectivity index (χ1v) is 10.00. The predicted molar refractivity (Wildman–Crippen MR) is 113 cm³/mol. The second kappa shape index (κ2) is 9.66. The molecular weight excluding hydrogens is 318 g/mol. The van der Waals surface area contributed by atoms with Gasteiger partial charge < -0.3 is 10.4 Å². The molecule has 0 bridgehead atoms. The summed E-state index contributed by atoms with van der Waals surface area (Å²) >= 11 is 0. The van der Waals surface area contributed by atoms with Crippen molar-refractivity contribution in [2.75, 3.05) is 6.54 Å². The average Bonchev–Trinajstić information content (AvgIpc) is 2.62. The molecule has 1 aromatic rings. The van der Waals surface area contributed by atoms with Gasteiger partial charge >= 0.3 is 0 Å². The normalized spacial score (nSPS) is 23.5. The first-order chi connectivity index (χ1) is 12.4. The lowest BCUT2D eigenvalue weighted by Crippen LogP contribution is -2.33. The summed E-state index contributed by atoms with van der Waals surface area (Å²) in [4.78, 5) is 0. The molecule has 0 radical (unpaired) electrons. The van der Waals surface area contributed by atoms with Crippen molar-refractivity contribution in [1.29, 1.82) is 0 Å². The van der Waals surface area contributed by atoms with Gasteiger partial charge in [-0.15, -0.1) is 0 Å². The van der Waals surface area contributed by atoms with Crippen LogP contribution in [0, 0.1) is 11.3 Å². The molecule has 2 N–H and O–H groups in total. The smallest absolute Gasteiger partial charge is 0.112 e. The van der Waals surface area contributed by atoms with Gasteiger partial charge in [-0.05, 0) is 47.8 Å². The molecule has 0 heterocycles. The molecule has 0 aromatic heterocycles. The van der Waals surface area contributed by atoms with Gasteiger partial charge in [0.15, 0.2) is 0 Å². The lowest BCUT2D eigenvalue weighted by molar-refractivity contribution is 0.101. The number of hydrogen-bond acceptors (Lipinski definition) is 2. The zero-order chi connectivity index (χ0) is 19.0. The van der Waals surface area contributed by atoms with Crippen LogP contribution in [0.2, 0.25) is 0 Å². The molecule has 1 aliphatic carbocycles. The third-order valence-corrected chi connectivity index (χ3v) is 6.01. The standard InChI is InChI=1S/C24H35NO/c1-5-23-13-9-10-14-24(23,4)15-16-25-19(2)17-22(20(3)26)18-21-11-7-6-8-12-21/h6-8,11-12,18,23,25-26H,2-3,5,9-10,13-17H2,1,4H3/b22-18-/t23-,24-/m1/s1. The van der Waals surface area contributed by atoms with E-state index in [1.54, 1.807) is 0 Å². The SMILES string of the molecule is C=C(C/C(=C/c1ccccc1)C(=C)O)NCC[C@@]1(C)CCCC[C@H]1CC. The van der Waals surface area contributed by atoms with Crippen molar-refractivity contribution in [3.63, 3.8) is 0 Å². The topological polar surface area (TPSA) is 32.3 Å². The Labute approximate surface area is 159 Å². The molecule has 26 heavy (non-hydrogen) atoms. The third kappa shape index (κ3) is 5.79. The number of benzene rings is 1. The van der Waals surface area contributed by atoms with Gasteiger partial charge in [0, 0.05) is 18.7 Å². The summed E-state index contributed by atoms with van der Waals surface area (Å²) in [7, 11) is 0. The quantitative estimate of drug-likeness (QED) is 0.385. The maximum atomic E-state index is 9.93. The molecule has 142 valence electrons. The molecule has 2 nitrogen and oxygen atoms in total. The van der Waals surface area contributed by atoms with E-state index in [4.69, 9.17) is 0 Å². The van der Waals surface area contributed by atoms with Crippen LogP contribution in [0.5, 0.6) is 0 Å². The van der Waals surface area contributed by atoms with Crippen LogP contribution in [0.3, 0.4) is 0 Å². The summed E-state index contributed by atoms with van der Waals surface area (Å²) in [5, 5.41) is 13.4. The van der Waals surface area contributed by atoms with E-state index in [9.17, 15) is 5.11 Å². The highest BCUT2D eigenvalue weighted by Crippen LogP contribution is 2.45. The molecule has 2 heteroatoms. The van der Waals surface area contributed by atoms with E-state index in [-0.39, 0.29) is 5.76 Å². The van der Waals surface area contributed by atoms with E-state index in [2.05, 4.69) is 32.3 Å². The monoisotopic (exact) mass is 353 g/mol. The van der Waals surface area contributed by atoms with Gasteiger partial charge in [0.1, 0.15) is 5.76 Å². The van der Waals surface area contributed by atoms with Crippen molar-refractivity contribution in [3.05, 3.63) is 66.1 Å². The van der Waals surface area contributed by atoms with Crippen LogP contribution < -0.4 is 5.32 Å². The fourth-order valence-corrected chi connectivity index (χ4v) is 4.30. The van der Waals surface area contributed by atoms with Crippen molar-refractivity contribution < 1.29 is 5.11 Å². The lowest BCUT2D eigenvalue weighted by atomic mass is 9.65. The van der Waals surface area contributed by atoms with Gasteiger partial charge in [-0.3, -0.25) is 0 Å². The maximum absolute atomic E-state index is 9.93. The summed E-state index contributed by atoms with van der Waals surface area (Å²) in [6.45, 7) is 13.6. The number of nitrogens with one attached hydrogen (secondary N) is 1. The molecular formula is C24H35NO. The molecule has 1 saturated carbocycles. The summed E-state index contributed by atoms with van der Waals surface area (Å²) < 4.78 is 0. The molecule has 0 aliphatic heterocycles. The van der Waals surface area contributed by atoms with E-state index in [0.717, 1.165) is 29.3 Å². The van der Waals surface area contributed by atoms with Gasteiger partial charge in [0.2, 0.25) is 0 Å². The Morgan fingerprint density at radius 3 is 2.65 bits per heavy atom. The predicted octanol–water partition coefficient (Wildman–Crippen LogP) is 6.63. The number of allylic oxidation sites excluding steroid dienone is 2. The molecule has 1 fully saturated rings. The molecule has 2 atom stereocenters. The minimum Gasteiger partial charge on any atom is -0.508 e. The van der Waals surface area contributed by atoms with Crippen LogP contribution in [-0.2, 0) is 0 Å². The zero-order valence-electron chi connectivity index (χ0n) is 16.6. The van der Waals surface area contributed by atoms with Crippen molar-refractivity contribution >= 4 is 6.08 Å². The van der Waals surface area contributed by atoms with Gasteiger partial charge in [0.05, 0.1) is 0 Å². The number of rotatable bonds is 9. The second-order valence-corrected chi connectivity index (χ2v) is 7.99. The van der Waals surface area contributed by atoms with Crippen LogP contribution in [-0.4, -0.2) is 11.7 Å². The lowest BCUT2D eigenvalue weighted by Gasteiger charge is -2.41. The van der Waals surface area contributed by atoms with Crippen molar-refractivity contribution in [3.8, 4) is 0 Å². The van der Waals surface area contributed by atoms with Crippen LogP contribution in [0.15, 0.2) is 60.5 Å². The fourth-order valence-electron chi connectivity index (χ4n) is 4.30. The number of aliphatic hydroxyl groups excluding tert-OH is 1. The van der Waals surface area contributed by atoms with Crippen molar-refractivity contribution in [2.24, 2.45) is 11.3 Å². The minimum atomic E-state index is 0.113. The highest BCUT2D eigenvalue weighted by molar-refractivity contribution is 5.57. The van der Waals surface area contributed by atoms with Crippen LogP contribution in [0.25, 0.3) is 6.08 Å². The molecule has 0 saturated heterocycles. The summed E-state index contributed by atoms with van der Waals surface area (Å²) in [5.41, 5.74) is 3.26. The van der Waals surface area contributed by atoms with Gasteiger partial charge in [-0.2, -0.15) is 0 Å².